The van der Waals surface area contributed by atoms with Gasteiger partial charge in [-0.25, -0.2) is 4.79 Å². The van der Waals surface area contributed by atoms with Gasteiger partial charge in [0.1, 0.15) is 0 Å². The summed E-state index contributed by atoms with van der Waals surface area (Å²) in [5.74, 6) is 0.115. The van der Waals surface area contributed by atoms with Gasteiger partial charge in [0, 0.05) is 17.3 Å². The zero-order valence-corrected chi connectivity index (χ0v) is 18.0. The number of hydrogen-bond acceptors (Lipinski definition) is 5. The molecule has 1 aliphatic carbocycles. The number of fused-ring (bicyclic) bond motifs is 1. The second-order valence-corrected chi connectivity index (χ2v) is 8.04. The van der Waals surface area contributed by atoms with Crippen molar-refractivity contribution in [1.82, 2.24) is 4.98 Å². The third kappa shape index (κ3) is 4.82. The standard InChI is InChI=1S/C25H26N2O5/c1-31-22-9-5-8-20(23(22)32-15-16-6-3-2-4-7-16)24(28)27-19-11-10-17-12-18(25(29)30)14-26-21(17)13-19/h5,8-14,16H,2-4,6-7,15H2,1H3,(H,27,28)(H,29,30). The van der Waals surface area contributed by atoms with Gasteiger partial charge in [-0.05, 0) is 49.1 Å². The van der Waals surface area contributed by atoms with Gasteiger partial charge in [0.2, 0.25) is 0 Å². The molecule has 1 heterocycles. The molecule has 1 fully saturated rings. The summed E-state index contributed by atoms with van der Waals surface area (Å²) in [5, 5.41) is 12.7. The molecule has 166 valence electrons. The highest BCUT2D eigenvalue weighted by Crippen LogP contribution is 2.33. The average molecular weight is 434 g/mol. The molecular formula is C25H26N2O5. The van der Waals surface area contributed by atoms with E-state index in [1.807, 2.05) is 0 Å². The maximum absolute atomic E-state index is 13.1. The molecule has 0 spiro atoms. The smallest absolute Gasteiger partial charge is 0.337 e. The molecule has 0 aliphatic heterocycles. The monoisotopic (exact) mass is 434 g/mol. The molecule has 32 heavy (non-hydrogen) atoms. The number of nitrogens with one attached hydrogen (secondary N) is 1. The molecular weight excluding hydrogens is 408 g/mol. The summed E-state index contributed by atoms with van der Waals surface area (Å²) in [4.78, 5) is 28.4. The number of para-hydroxylation sites is 1. The molecule has 0 bridgehead atoms. The van der Waals surface area contributed by atoms with Crippen molar-refractivity contribution in [2.24, 2.45) is 5.92 Å². The third-order valence-corrected chi connectivity index (χ3v) is 5.82. The van der Waals surface area contributed by atoms with E-state index in [1.165, 1.54) is 25.5 Å². The van der Waals surface area contributed by atoms with Crippen LogP contribution in [0.25, 0.3) is 10.9 Å². The molecule has 7 nitrogen and oxygen atoms in total. The second kappa shape index (κ2) is 9.68. The molecule has 1 saturated carbocycles. The summed E-state index contributed by atoms with van der Waals surface area (Å²) in [6.45, 7) is 0.562. The van der Waals surface area contributed by atoms with Crippen LogP contribution in [-0.2, 0) is 0 Å². The average Bonchev–Trinajstić information content (AvgIpc) is 2.82. The first-order valence-electron chi connectivity index (χ1n) is 10.8. The number of aromatic carboxylic acids is 1. The van der Waals surface area contributed by atoms with E-state index in [0.29, 0.717) is 46.2 Å². The van der Waals surface area contributed by atoms with Gasteiger partial charge in [0.25, 0.3) is 5.91 Å². The highest BCUT2D eigenvalue weighted by atomic mass is 16.5. The summed E-state index contributed by atoms with van der Waals surface area (Å²) < 4.78 is 11.6. The number of nitrogens with zero attached hydrogens (tertiary/aromatic N) is 1. The number of carboxylic acids is 1. The van der Waals surface area contributed by atoms with Gasteiger partial charge >= 0.3 is 5.97 Å². The number of carbonyl (C=O) groups excluding carboxylic acids is 1. The van der Waals surface area contributed by atoms with Gasteiger partial charge in [0.05, 0.1) is 30.4 Å². The lowest BCUT2D eigenvalue weighted by molar-refractivity contribution is 0.0696. The molecule has 1 aliphatic rings. The number of hydrogen-bond donors (Lipinski definition) is 2. The first-order chi connectivity index (χ1) is 15.5. The normalized spacial score (nSPS) is 14.2. The Hall–Kier alpha value is -3.61. The van der Waals surface area contributed by atoms with E-state index in [2.05, 4.69) is 10.3 Å². The van der Waals surface area contributed by atoms with Gasteiger partial charge in [-0.3, -0.25) is 9.78 Å². The van der Waals surface area contributed by atoms with Crippen molar-refractivity contribution in [3.8, 4) is 11.5 Å². The van der Waals surface area contributed by atoms with Gasteiger partial charge in [-0.15, -0.1) is 0 Å². The molecule has 2 aromatic carbocycles. The number of anilines is 1. The number of carboxylic acid groups (broad SMARTS) is 1. The number of benzene rings is 2. The van der Waals surface area contributed by atoms with Gasteiger partial charge in [0.15, 0.2) is 11.5 Å². The highest BCUT2D eigenvalue weighted by Gasteiger charge is 2.20. The Morgan fingerprint density at radius 1 is 1.12 bits per heavy atom. The van der Waals surface area contributed by atoms with Crippen LogP contribution in [0, 0.1) is 5.92 Å². The number of ether oxygens (including phenoxy) is 2. The van der Waals surface area contributed by atoms with Crippen molar-refractivity contribution < 1.29 is 24.2 Å². The molecule has 0 unspecified atom stereocenters. The van der Waals surface area contributed by atoms with Gasteiger partial charge in [-0.1, -0.05) is 31.4 Å². The molecule has 0 saturated heterocycles. The number of amides is 1. The van der Waals surface area contributed by atoms with E-state index in [-0.39, 0.29) is 11.5 Å². The van der Waals surface area contributed by atoms with Crippen molar-refractivity contribution in [1.29, 1.82) is 0 Å². The molecule has 1 aromatic heterocycles. The van der Waals surface area contributed by atoms with E-state index in [1.54, 1.807) is 49.6 Å². The van der Waals surface area contributed by atoms with Crippen LogP contribution in [0.4, 0.5) is 5.69 Å². The molecule has 0 radical (unpaired) electrons. The Morgan fingerprint density at radius 2 is 1.94 bits per heavy atom. The lowest BCUT2D eigenvalue weighted by atomic mass is 9.90. The summed E-state index contributed by atoms with van der Waals surface area (Å²) in [6, 6.07) is 12.0. The van der Waals surface area contributed by atoms with Crippen LogP contribution in [0.2, 0.25) is 0 Å². The van der Waals surface area contributed by atoms with Gasteiger partial charge < -0.3 is 19.9 Å². The summed E-state index contributed by atoms with van der Waals surface area (Å²) in [7, 11) is 1.56. The molecule has 1 amide bonds. The first-order valence-corrected chi connectivity index (χ1v) is 10.8. The molecule has 0 atom stereocenters. The van der Waals surface area contributed by atoms with Crippen molar-refractivity contribution in [3.63, 3.8) is 0 Å². The Kier molecular flexibility index (Phi) is 6.54. The Bertz CT molecular complexity index is 1140. The third-order valence-electron chi connectivity index (χ3n) is 5.82. The minimum Gasteiger partial charge on any atom is -0.493 e. The second-order valence-electron chi connectivity index (χ2n) is 8.04. The number of rotatable bonds is 7. The highest BCUT2D eigenvalue weighted by molar-refractivity contribution is 6.07. The Labute approximate surface area is 186 Å². The van der Waals surface area contributed by atoms with Crippen LogP contribution < -0.4 is 14.8 Å². The number of pyridine rings is 1. The number of carbonyl (C=O) groups is 2. The van der Waals surface area contributed by atoms with Crippen LogP contribution >= 0.6 is 0 Å². The maximum atomic E-state index is 13.1. The predicted octanol–water partition coefficient (Wildman–Crippen LogP) is 5.15. The van der Waals surface area contributed by atoms with Crippen molar-refractivity contribution in [3.05, 3.63) is 59.8 Å². The summed E-state index contributed by atoms with van der Waals surface area (Å²) >= 11 is 0. The fourth-order valence-electron chi connectivity index (χ4n) is 4.07. The van der Waals surface area contributed by atoms with Crippen LogP contribution in [0.1, 0.15) is 52.8 Å². The summed E-state index contributed by atoms with van der Waals surface area (Å²) in [6.07, 6.45) is 7.30. The summed E-state index contributed by atoms with van der Waals surface area (Å²) in [5.41, 5.74) is 1.66. The fourth-order valence-corrected chi connectivity index (χ4v) is 4.07. The largest absolute Gasteiger partial charge is 0.493 e. The van der Waals surface area contributed by atoms with E-state index < -0.39 is 5.97 Å². The SMILES string of the molecule is COc1cccc(C(=O)Nc2ccc3cc(C(=O)O)cnc3c2)c1OCC1CCCCC1. The number of methoxy groups -OCH3 is 1. The molecule has 7 heteroatoms. The zero-order chi connectivity index (χ0) is 22.5. The minimum atomic E-state index is -1.03. The van der Waals surface area contributed by atoms with E-state index in [0.717, 1.165) is 12.8 Å². The predicted molar refractivity (Wildman–Crippen MR) is 122 cm³/mol. The van der Waals surface area contributed by atoms with E-state index in [4.69, 9.17) is 14.6 Å². The minimum absolute atomic E-state index is 0.116. The first kappa shape index (κ1) is 21.6. The molecule has 4 rings (SSSR count). The Morgan fingerprint density at radius 3 is 2.69 bits per heavy atom. The topological polar surface area (TPSA) is 97.8 Å². The van der Waals surface area contributed by atoms with E-state index >= 15 is 0 Å². The van der Waals surface area contributed by atoms with Crippen LogP contribution in [0.15, 0.2) is 48.7 Å². The van der Waals surface area contributed by atoms with Crippen molar-refractivity contribution in [2.75, 3.05) is 19.0 Å². The van der Waals surface area contributed by atoms with E-state index in [9.17, 15) is 9.59 Å². The van der Waals surface area contributed by atoms with Crippen LogP contribution in [0.5, 0.6) is 11.5 Å². The van der Waals surface area contributed by atoms with Crippen molar-refractivity contribution >= 4 is 28.5 Å². The maximum Gasteiger partial charge on any atom is 0.337 e. The molecule has 2 N–H and O–H groups in total. The zero-order valence-electron chi connectivity index (χ0n) is 18.0. The van der Waals surface area contributed by atoms with Crippen LogP contribution in [-0.4, -0.2) is 35.7 Å². The van der Waals surface area contributed by atoms with Crippen molar-refractivity contribution in [2.45, 2.75) is 32.1 Å². The van der Waals surface area contributed by atoms with Gasteiger partial charge in [-0.2, -0.15) is 0 Å². The molecule has 3 aromatic rings. The Balaban J connectivity index is 1.54. The lowest BCUT2D eigenvalue weighted by Crippen LogP contribution is -2.18. The van der Waals surface area contributed by atoms with Crippen LogP contribution in [0.3, 0.4) is 0 Å². The fraction of sp³-hybridized carbons (Fsp3) is 0.320. The quantitative estimate of drug-likeness (QED) is 0.533. The lowest BCUT2D eigenvalue weighted by Gasteiger charge is -2.23. The number of aromatic nitrogens is 1.